The fourth-order valence-corrected chi connectivity index (χ4v) is 3.28. The summed E-state index contributed by atoms with van der Waals surface area (Å²) in [5.74, 6) is 2.69. The van der Waals surface area contributed by atoms with Crippen molar-refractivity contribution >= 4 is 8.32 Å². The summed E-state index contributed by atoms with van der Waals surface area (Å²) in [7, 11) is -1.82. The van der Waals surface area contributed by atoms with Crippen molar-refractivity contribution in [3.8, 4) is 12.3 Å². The van der Waals surface area contributed by atoms with E-state index in [1.807, 2.05) is 6.92 Å². The highest BCUT2D eigenvalue weighted by molar-refractivity contribution is 6.74. The molecule has 0 saturated heterocycles. The van der Waals surface area contributed by atoms with Crippen LogP contribution in [0, 0.1) is 12.3 Å². The zero-order valence-electron chi connectivity index (χ0n) is 12.5. The molecule has 1 rings (SSSR count). The Bertz CT molecular complexity index is 382. The van der Waals surface area contributed by atoms with Crippen LogP contribution in [0.4, 0.5) is 0 Å². The van der Waals surface area contributed by atoms with E-state index in [1.54, 1.807) is 0 Å². The molecule has 0 saturated carbocycles. The van der Waals surface area contributed by atoms with E-state index in [0.717, 1.165) is 11.1 Å². The predicted molar refractivity (Wildman–Crippen MR) is 78.8 cm³/mol. The van der Waals surface area contributed by atoms with E-state index in [2.05, 4.69) is 39.8 Å². The topological polar surface area (TPSA) is 29.5 Å². The van der Waals surface area contributed by atoms with Crippen LogP contribution < -0.4 is 0 Å². The Morgan fingerprint density at radius 2 is 1.94 bits per heavy atom. The SMILES string of the molecule is C#CC1=C(C)[C@@H](O[Si](C)(C)C(C)(C)C)C[C@H](O)C1. The zero-order valence-corrected chi connectivity index (χ0v) is 13.5. The number of hydrogen-bond acceptors (Lipinski definition) is 2. The van der Waals surface area contributed by atoms with Gasteiger partial charge in [0.05, 0.1) is 12.2 Å². The van der Waals surface area contributed by atoms with Crippen LogP contribution in [0.1, 0.15) is 40.5 Å². The van der Waals surface area contributed by atoms with Crippen molar-refractivity contribution in [1.29, 1.82) is 0 Å². The van der Waals surface area contributed by atoms with Crippen molar-refractivity contribution in [3.05, 3.63) is 11.1 Å². The van der Waals surface area contributed by atoms with Gasteiger partial charge >= 0.3 is 0 Å². The van der Waals surface area contributed by atoms with Gasteiger partial charge in [-0.2, -0.15) is 0 Å². The van der Waals surface area contributed by atoms with Crippen LogP contribution in [-0.2, 0) is 4.43 Å². The summed E-state index contributed by atoms with van der Waals surface area (Å²) in [6.45, 7) is 13.2. The molecule has 0 bridgehead atoms. The second kappa shape index (κ2) is 5.20. The summed E-state index contributed by atoms with van der Waals surface area (Å²) in [6, 6.07) is 0. The van der Waals surface area contributed by atoms with Crippen LogP contribution in [0.3, 0.4) is 0 Å². The summed E-state index contributed by atoms with van der Waals surface area (Å²) >= 11 is 0. The molecule has 0 aromatic carbocycles. The molecule has 0 aromatic heterocycles. The molecule has 0 spiro atoms. The van der Waals surface area contributed by atoms with Crippen molar-refractivity contribution < 1.29 is 9.53 Å². The first-order chi connectivity index (χ1) is 8.08. The van der Waals surface area contributed by atoms with Gasteiger partial charge in [0.1, 0.15) is 0 Å². The van der Waals surface area contributed by atoms with Crippen molar-refractivity contribution in [2.75, 3.05) is 0 Å². The molecule has 1 aliphatic carbocycles. The van der Waals surface area contributed by atoms with Crippen molar-refractivity contribution in [2.45, 2.75) is 70.9 Å². The van der Waals surface area contributed by atoms with Crippen LogP contribution >= 0.6 is 0 Å². The van der Waals surface area contributed by atoms with Gasteiger partial charge in [-0.1, -0.05) is 26.7 Å². The molecule has 1 aliphatic rings. The predicted octanol–water partition coefficient (Wildman–Crippen LogP) is 3.48. The highest BCUT2D eigenvalue weighted by Gasteiger charge is 2.40. The van der Waals surface area contributed by atoms with Gasteiger partial charge in [0, 0.05) is 18.4 Å². The van der Waals surface area contributed by atoms with Gasteiger partial charge in [0.25, 0.3) is 0 Å². The minimum Gasteiger partial charge on any atom is -0.410 e. The maximum atomic E-state index is 9.90. The van der Waals surface area contributed by atoms with Crippen LogP contribution in [-0.4, -0.2) is 25.6 Å². The lowest BCUT2D eigenvalue weighted by molar-refractivity contribution is 0.0928. The lowest BCUT2D eigenvalue weighted by Crippen LogP contribution is -2.45. The maximum Gasteiger partial charge on any atom is 0.192 e. The molecule has 102 valence electrons. The normalized spacial score (nSPS) is 26.1. The molecule has 3 heteroatoms. The van der Waals surface area contributed by atoms with Gasteiger partial charge in [0.15, 0.2) is 8.32 Å². The van der Waals surface area contributed by atoms with Gasteiger partial charge < -0.3 is 9.53 Å². The number of aliphatic hydroxyl groups excluding tert-OH is 1. The van der Waals surface area contributed by atoms with Gasteiger partial charge in [-0.3, -0.25) is 0 Å². The molecule has 2 atom stereocenters. The minimum absolute atomic E-state index is 0.0132. The summed E-state index contributed by atoms with van der Waals surface area (Å²) in [6.07, 6.45) is 6.39. The monoisotopic (exact) mass is 266 g/mol. The van der Waals surface area contributed by atoms with Gasteiger partial charge in [0.2, 0.25) is 0 Å². The Balaban J connectivity index is 2.95. The van der Waals surface area contributed by atoms with Crippen molar-refractivity contribution in [2.24, 2.45) is 0 Å². The van der Waals surface area contributed by atoms with E-state index < -0.39 is 8.32 Å². The number of rotatable bonds is 2. The first kappa shape index (κ1) is 15.5. The molecule has 0 radical (unpaired) electrons. The standard InChI is InChI=1S/C15H26O2Si/c1-8-12-9-13(16)10-14(11(12)2)17-18(6,7)15(3,4)5/h1,13-14,16H,9-10H2,2-7H3/t13-,14+/m1/s1. The third-order valence-corrected chi connectivity index (χ3v) is 8.79. The van der Waals surface area contributed by atoms with E-state index >= 15 is 0 Å². The Morgan fingerprint density at radius 3 is 2.39 bits per heavy atom. The third-order valence-electron chi connectivity index (χ3n) is 4.30. The quantitative estimate of drug-likeness (QED) is 0.612. The summed E-state index contributed by atoms with van der Waals surface area (Å²) < 4.78 is 6.38. The lowest BCUT2D eigenvalue weighted by Gasteiger charge is -2.41. The van der Waals surface area contributed by atoms with E-state index in [-0.39, 0.29) is 17.2 Å². The molecule has 0 unspecified atom stereocenters. The van der Waals surface area contributed by atoms with Crippen LogP contribution in [0.5, 0.6) is 0 Å². The van der Waals surface area contributed by atoms with E-state index in [0.29, 0.717) is 12.8 Å². The summed E-state index contributed by atoms with van der Waals surface area (Å²) in [4.78, 5) is 0. The number of aliphatic hydroxyl groups is 1. The molecule has 0 heterocycles. The highest BCUT2D eigenvalue weighted by Crippen LogP contribution is 2.40. The molecule has 0 aliphatic heterocycles. The summed E-state index contributed by atoms with van der Waals surface area (Å²) in [5, 5.41) is 10.1. The summed E-state index contributed by atoms with van der Waals surface area (Å²) in [5.41, 5.74) is 2.05. The Kier molecular flexibility index (Phi) is 4.48. The molecule has 2 nitrogen and oxygen atoms in total. The van der Waals surface area contributed by atoms with Crippen molar-refractivity contribution in [1.82, 2.24) is 0 Å². The molecule has 1 N–H and O–H groups in total. The molecular weight excluding hydrogens is 240 g/mol. The molecule has 0 fully saturated rings. The molecule has 0 amide bonds. The average molecular weight is 266 g/mol. The van der Waals surface area contributed by atoms with E-state index in [4.69, 9.17) is 10.8 Å². The second-order valence-electron chi connectivity index (χ2n) is 6.77. The van der Waals surface area contributed by atoms with Gasteiger partial charge in [-0.15, -0.1) is 6.42 Å². The molecular formula is C15H26O2Si. The largest absolute Gasteiger partial charge is 0.410 e. The fraction of sp³-hybridized carbons (Fsp3) is 0.733. The van der Waals surface area contributed by atoms with E-state index in [9.17, 15) is 5.11 Å². The number of terminal acetylenes is 1. The maximum absolute atomic E-state index is 9.90. The molecule has 18 heavy (non-hydrogen) atoms. The molecule has 0 aromatic rings. The fourth-order valence-electron chi connectivity index (χ4n) is 1.94. The zero-order chi connectivity index (χ0) is 14.1. The Hall–Kier alpha value is -0.563. The average Bonchev–Trinajstić information content (AvgIpc) is 2.20. The first-order valence-corrected chi connectivity index (χ1v) is 9.51. The van der Waals surface area contributed by atoms with Crippen LogP contribution in [0.2, 0.25) is 18.1 Å². The van der Waals surface area contributed by atoms with Crippen molar-refractivity contribution in [3.63, 3.8) is 0 Å². The van der Waals surface area contributed by atoms with E-state index in [1.165, 1.54) is 0 Å². The van der Waals surface area contributed by atoms with Gasteiger partial charge in [-0.05, 0) is 30.6 Å². The second-order valence-corrected chi connectivity index (χ2v) is 11.5. The minimum atomic E-state index is -1.82. The Morgan fingerprint density at radius 1 is 1.39 bits per heavy atom. The lowest BCUT2D eigenvalue weighted by atomic mass is 9.89. The first-order valence-electron chi connectivity index (χ1n) is 6.60. The van der Waals surface area contributed by atoms with Gasteiger partial charge in [-0.25, -0.2) is 0 Å². The smallest absolute Gasteiger partial charge is 0.192 e. The van der Waals surface area contributed by atoms with Crippen LogP contribution in [0.25, 0.3) is 0 Å². The number of hydrogen-bond donors (Lipinski definition) is 1. The highest BCUT2D eigenvalue weighted by atomic mass is 28.4. The Labute approximate surface area is 113 Å². The van der Waals surface area contributed by atoms with Crippen LogP contribution in [0.15, 0.2) is 11.1 Å². The third kappa shape index (κ3) is 3.26.